The highest BCUT2D eigenvalue weighted by atomic mass is 32.2. The standard InChI is InChI=1S/C27H39N3O7S/c1-8-19(3)28-27(32)23(9-2)29(17-20-11-10-12-21(15-20)35-4)26(31)18-30(38(7,33)34)24-14-13-22(36-5)16-25(24)37-6/h10-16,19,23H,8-9,17-18H2,1-7H3,(H,28,32)/t19-,23-/m0/s1. The summed E-state index contributed by atoms with van der Waals surface area (Å²) in [7, 11) is 0.520. The van der Waals surface area contributed by atoms with Gasteiger partial charge in [-0.25, -0.2) is 8.42 Å². The molecule has 0 saturated carbocycles. The molecule has 0 aromatic heterocycles. The molecule has 2 aromatic carbocycles. The summed E-state index contributed by atoms with van der Waals surface area (Å²) < 4.78 is 42.7. The van der Waals surface area contributed by atoms with Crippen LogP contribution in [0.2, 0.25) is 0 Å². The summed E-state index contributed by atoms with van der Waals surface area (Å²) in [6.07, 6.45) is 2.08. The van der Waals surface area contributed by atoms with Crippen LogP contribution in [-0.4, -0.2) is 71.3 Å². The van der Waals surface area contributed by atoms with Gasteiger partial charge in [-0.2, -0.15) is 0 Å². The Kier molecular flexibility index (Phi) is 11.2. The highest BCUT2D eigenvalue weighted by Crippen LogP contribution is 2.33. The number of anilines is 1. The molecule has 0 unspecified atom stereocenters. The van der Waals surface area contributed by atoms with E-state index in [0.717, 1.165) is 22.5 Å². The summed E-state index contributed by atoms with van der Waals surface area (Å²) in [6, 6.07) is 10.9. The number of benzene rings is 2. The fourth-order valence-electron chi connectivity index (χ4n) is 3.91. The normalized spacial score (nSPS) is 12.7. The molecule has 0 saturated heterocycles. The van der Waals surface area contributed by atoms with Crippen molar-refractivity contribution in [1.82, 2.24) is 10.2 Å². The first-order chi connectivity index (χ1) is 18.0. The van der Waals surface area contributed by atoms with Crippen LogP contribution in [-0.2, 0) is 26.2 Å². The van der Waals surface area contributed by atoms with Crippen molar-refractivity contribution in [3.8, 4) is 17.2 Å². The molecule has 2 amide bonds. The van der Waals surface area contributed by atoms with Crippen LogP contribution in [0.5, 0.6) is 17.2 Å². The molecule has 2 aromatic rings. The fraction of sp³-hybridized carbons (Fsp3) is 0.481. The van der Waals surface area contributed by atoms with Crippen LogP contribution in [0.3, 0.4) is 0 Å². The maximum Gasteiger partial charge on any atom is 0.244 e. The first-order valence-electron chi connectivity index (χ1n) is 12.4. The lowest BCUT2D eigenvalue weighted by Gasteiger charge is -2.33. The Morgan fingerprint density at radius 2 is 1.61 bits per heavy atom. The first-order valence-corrected chi connectivity index (χ1v) is 14.3. The van der Waals surface area contributed by atoms with E-state index in [9.17, 15) is 18.0 Å². The van der Waals surface area contributed by atoms with Gasteiger partial charge in [-0.3, -0.25) is 13.9 Å². The van der Waals surface area contributed by atoms with Gasteiger partial charge >= 0.3 is 0 Å². The molecule has 11 heteroatoms. The van der Waals surface area contributed by atoms with E-state index < -0.39 is 28.5 Å². The third-order valence-corrected chi connectivity index (χ3v) is 7.34. The van der Waals surface area contributed by atoms with Gasteiger partial charge in [0.05, 0.1) is 33.3 Å². The Hall–Kier alpha value is -3.47. The number of nitrogens with zero attached hydrogens (tertiary/aromatic N) is 2. The minimum absolute atomic E-state index is 0.0820. The number of methoxy groups -OCH3 is 3. The predicted octanol–water partition coefficient (Wildman–Crippen LogP) is 3.20. The zero-order valence-electron chi connectivity index (χ0n) is 23.2. The molecular weight excluding hydrogens is 510 g/mol. The molecule has 38 heavy (non-hydrogen) atoms. The number of carbonyl (C=O) groups is 2. The molecule has 0 aliphatic rings. The minimum atomic E-state index is -3.91. The Balaban J connectivity index is 2.52. The van der Waals surface area contributed by atoms with Gasteiger partial charge in [-0.05, 0) is 49.6 Å². The lowest BCUT2D eigenvalue weighted by Crippen LogP contribution is -2.53. The maximum absolute atomic E-state index is 13.9. The number of carbonyl (C=O) groups excluding carboxylic acids is 2. The number of sulfonamides is 1. The van der Waals surface area contributed by atoms with Gasteiger partial charge in [0.1, 0.15) is 29.8 Å². The minimum Gasteiger partial charge on any atom is -0.497 e. The molecule has 0 heterocycles. The maximum atomic E-state index is 13.9. The van der Waals surface area contributed by atoms with Gasteiger partial charge in [0.15, 0.2) is 0 Å². The molecule has 0 spiro atoms. The van der Waals surface area contributed by atoms with E-state index >= 15 is 0 Å². The number of nitrogens with one attached hydrogen (secondary N) is 1. The number of amides is 2. The van der Waals surface area contributed by atoms with Crippen molar-refractivity contribution in [2.75, 3.05) is 38.4 Å². The van der Waals surface area contributed by atoms with E-state index in [2.05, 4.69) is 5.32 Å². The van der Waals surface area contributed by atoms with Crippen molar-refractivity contribution < 1.29 is 32.2 Å². The second-order valence-electron chi connectivity index (χ2n) is 8.92. The van der Waals surface area contributed by atoms with Crippen molar-refractivity contribution in [2.24, 2.45) is 0 Å². The SMILES string of the molecule is CC[C@H](C)NC(=O)[C@H](CC)N(Cc1cccc(OC)c1)C(=O)CN(c1ccc(OC)cc1OC)S(C)(=O)=O. The van der Waals surface area contributed by atoms with E-state index in [1.54, 1.807) is 37.4 Å². The van der Waals surface area contributed by atoms with Crippen LogP contribution in [0, 0.1) is 0 Å². The molecule has 0 aliphatic carbocycles. The van der Waals surface area contributed by atoms with Crippen molar-refractivity contribution in [3.05, 3.63) is 48.0 Å². The van der Waals surface area contributed by atoms with Gasteiger partial charge in [0.2, 0.25) is 21.8 Å². The van der Waals surface area contributed by atoms with Crippen LogP contribution >= 0.6 is 0 Å². The average Bonchev–Trinajstić information content (AvgIpc) is 2.90. The van der Waals surface area contributed by atoms with Crippen molar-refractivity contribution in [1.29, 1.82) is 0 Å². The molecule has 210 valence electrons. The Bertz CT molecular complexity index is 1200. The molecule has 0 aliphatic heterocycles. The Morgan fingerprint density at radius 1 is 0.947 bits per heavy atom. The van der Waals surface area contributed by atoms with Crippen LogP contribution in [0.15, 0.2) is 42.5 Å². The molecule has 1 N–H and O–H groups in total. The third kappa shape index (κ3) is 8.01. The van der Waals surface area contributed by atoms with Gasteiger partial charge < -0.3 is 24.4 Å². The predicted molar refractivity (Wildman–Crippen MR) is 147 cm³/mol. The summed E-state index contributed by atoms with van der Waals surface area (Å²) in [6.45, 7) is 5.21. The number of ether oxygens (including phenoxy) is 3. The molecule has 10 nitrogen and oxygen atoms in total. The summed E-state index contributed by atoms with van der Waals surface area (Å²) in [4.78, 5) is 28.5. The highest BCUT2D eigenvalue weighted by Gasteiger charge is 2.33. The summed E-state index contributed by atoms with van der Waals surface area (Å²) in [5.74, 6) is 0.460. The van der Waals surface area contributed by atoms with Crippen LogP contribution in [0.4, 0.5) is 5.69 Å². The zero-order chi connectivity index (χ0) is 28.5. The Morgan fingerprint density at radius 3 is 2.16 bits per heavy atom. The topological polar surface area (TPSA) is 114 Å². The van der Waals surface area contributed by atoms with Crippen molar-refractivity contribution >= 4 is 27.5 Å². The summed E-state index contributed by atoms with van der Waals surface area (Å²) in [5, 5.41) is 2.95. The second-order valence-corrected chi connectivity index (χ2v) is 10.8. The van der Waals surface area contributed by atoms with Gasteiger partial charge in [0, 0.05) is 18.7 Å². The molecule has 0 bridgehead atoms. The van der Waals surface area contributed by atoms with E-state index in [0.29, 0.717) is 17.9 Å². The first kappa shape index (κ1) is 30.8. The summed E-state index contributed by atoms with van der Waals surface area (Å²) >= 11 is 0. The number of rotatable bonds is 14. The van der Waals surface area contributed by atoms with Crippen molar-refractivity contribution in [3.63, 3.8) is 0 Å². The smallest absolute Gasteiger partial charge is 0.244 e. The lowest BCUT2D eigenvalue weighted by molar-refractivity contribution is -0.140. The van der Waals surface area contributed by atoms with E-state index in [-0.39, 0.29) is 29.9 Å². The zero-order valence-corrected chi connectivity index (χ0v) is 24.0. The fourth-order valence-corrected chi connectivity index (χ4v) is 4.77. The third-order valence-electron chi connectivity index (χ3n) is 6.21. The average molecular weight is 550 g/mol. The van der Waals surface area contributed by atoms with Gasteiger partial charge in [-0.1, -0.05) is 26.0 Å². The molecule has 0 radical (unpaired) electrons. The molecule has 0 fully saturated rings. The molecular formula is C27H39N3O7S. The highest BCUT2D eigenvalue weighted by molar-refractivity contribution is 7.92. The van der Waals surface area contributed by atoms with Crippen molar-refractivity contribution in [2.45, 2.75) is 52.2 Å². The van der Waals surface area contributed by atoms with Crippen LogP contribution in [0.1, 0.15) is 39.2 Å². The Labute approximate surface area is 225 Å². The lowest BCUT2D eigenvalue weighted by atomic mass is 10.1. The molecule has 2 atom stereocenters. The largest absolute Gasteiger partial charge is 0.497 e. The molecule has 2 rings (SSSR count). The van der Waals surface area contributed by atoms with Gasteiger partial charge in [-0.15, -0.1) is 0 Å². The van der Waals surface area contributed by atoms with Crippen LogP contribution < -0.4 is 23.8 Å². The van der Waals surface area contributed by atoms with E-state index in [4.69, 9.17) is 14.2 Å². The quantitative estimate of drug-likeness (QED) is 0.385. The monoisotopic (exact) mass is 549 g/mol. The van der Waals surface area contributed by atoms with Crippen LogP contribution in [0.25, 0.3) is 0 Å². The summed E-state index contributed by atoms with van der Waals surface area (Å²) in [5.41, 5.74) is 0.919. The second kappa shape index (κ2) is 13.9. The number of hydrogen-bond acceptors (Lipinski definition) is 7. The van der Waals surface area contributed by atoms with E-state index in [1.165, 1.54) is 25.2 Å². The number of hydrogen-bond donors (Lipinski definition) is 1. The van der Waals surface area contributed by atoms with Gasteiger partial charge in [0.25, 0.3) is 0 Å². The van der Waals surface area contributed by atoms with E-state index in [1.807, 2.05) is 26.8 Å².